The number of hydrogen-bond acceptors (Lipinski definition) is 5. The van der Waals surface area contributed by atoms with Crippen molar-refractivity contribution in [3.63, 3.8) is 0 Å². The highest BCUT2D eigenvalue weighted by molar-refractivity contribution is 6.04. The van der Waals surface area contributed by atoms with Crippen molar-refractivity contribution in [3.05, 3.63) is 53.1 Å². The molecule has 0 radical (unpaired) electrons. The Labute approximate surface area is 155 Å². The number of fused-ring (bicyclic) bond motifs is 7. The summed E-state index contributed by atoms with van der Waals surface area (Å²) in [6, 6.07) is 12.9. The molecular weight excluding hydrogens is 342 g/mol. The summed E-state index contributed by atoms with van der Waals surface area (Å²) in [6.07, 6.45) is 1.28. The molecule has 4 aliphatic rings. The van der Waals surface area contributed by atoms with E-state index in [1.54, 1.807) is 0 Å². The molecule has 2 unspecified atom stereocenters. The van der Waals surface area contributed by atoms with Gasteiger partial charge in [0, 0.05) is 18.4 Å². The lowest BCUT2D eigenvalue weighted by molar-refractivity contribution is 0.174. The van der Waals surface area contributed by atoms with Gasteiger partial charge in [0.1, 0.15) is 18.1 Å². The van der Waals surface area contributed by atoms with E-state index in [1.807, 2.05) is 6.07 Å². The Hall–Kier alpha value is -2.76. The van der Waals surface area contributed by atoms with Crippen LogP contribution in [0.1, 0.15) is 22.8 Å². The van der Waals surface area contributed by atoms with Gasteiger partial charge in [-0.2, -0.15) is 0 Å². The van der Waals surface area contributed by atoms with Crippen LogP contribution in [0.5, 0.6) is 17.2 Å². The minimum Gasteiger partial charge on any atom is -0.492 e. The highest BCUT2D eigenvalue weighted by atomic mass is 16.7. The average Bonchev–Trinajstić information content (AvgIpc) is 3.11. The normalized spacial score (nSPS) is 23.6. The van der Waals surface area contributed by atoms with Crippen molar-refractivity contribution in [3.8, 4) is 28.4 Å². The SMILES string of the molecule is c1cc2c(cc1-c1c3c(cc4ccc5c(c14)OCC5)C1OC1NC3)OCO2. The van der Waals surface area contributed by atoms with Crippen molar-refractivity contribution in [2.75, 3.05) is 13.4 Å². The number of ether oxygens (including phenoxy) is 4. The molecule has 0 aromatic heterocycles. The van der Waals surface area contributed by atoms with E-state index in [9.17, 15) is 0 Å². The summed E-state index contributed by atoms with van der Waals surface area (Å²) in [6.45, 7) is 1.82. The van der Waals surface area contributed by atoms with E-state index < -0.39 is 0 Å². The van der Waals surface area contributed by atoms with Gasteiger partial charge in [0.25, 0.3) is 0 Å². The standard InChI is InChI=1S/C22H17NO4/c1-2-12-7-14-15(9-23-22-21(14)27-22)18(19(12)20-11(1)5-6-24-20)13-3-4-16-17(8-13)26-10-25-16/h1-4,7-8,21-23H,5-6,9-10H2. The average molecular weight is 359 g/mol. The number of benzene rings is 3. The Morgan fingerprint density at radius 2 is 1.93 bits per heavy atom. The largest absolute Gasteiger partial charge is 0.492 e. The Morgan fingerprint density at radius 3 is 2.93 bits per heavy atom. The first kappa shape index (κ1) is 14.3. The topological polar surface area (TPSA) is 52.2 Å². The summed E-state index contributed by atoms with van der Waals surface area (Å²) in [5.41, 5.74) is 6.22. The molecule has 4 heterocycles. The molecule has 0 aliphatic carbocycles. The van der Waals surface area contributed by atoms with E-state index in [0.717, 1.165) is 42.4 Å². The molecule has 134 valence electrons. The van der Waals surface area contributed by atoms with Gasteiger partial charge in [0.15, 0.2) is 11.5 Å². The molecule has 0 bridgehead atoms. The van der Waals surface area contributed by atoms with Gasteiger partial charge >= 0.3 is 0 Å². The Morgan fingerprint density at radius 1 is 0.963 bits per heavy atom. The van der Waals surface area contributed by atoms with E-state index in [0.29, 0.717) is 0 Å². The van der Waals surface area contributed by atoms with Crippen molar-refractivity contribution in [2.45, 2.75) is 25.3 Å². The van der Waals surface area contributed by atoms with Crippen LogP contribution in [0.15, 0.2) is 36.4 Å². The summed E-state index contributed by atoms with van der Waals surface area (Å²) in [5.74, 6) is 2.64. The number of epoxide rings is 1. The summed E-state index contributed by atoms with van der Waals surface area (Å²) in [4.78, 5) is 0. The molecule has 3 aromatic rings. The van der Waals surface area contributed by atoms with E-state index in [2.05, 4.69) is 35.6 Å². The number of rotatable bonds is 1. The molecule has 1 saturated heterocycles. The Bertz CT molecular complexity index is 1140. The van der Waals surface area contributed by atoms with Gasteiger partial charge in [-0.05, 0) is 51.4 Å². The van der Waals surface area contributed by atoms with Crippen molar-refractivity contribution in [1.82, 2.24) is 5.32 Å². The van der Waals surface area contributed by atoms with Crippen LogP contribution in [0.2, 0.25) is 0 Å². The molecule has 2 atom stereocenters. The first-order chi connectivity index (χ1) is 13.4. The van der Waals surface area contributed by atoms with Crippen LogP contribution < -0.4 is 19.5 Å². The van der Waals surface area contributed by atoms with E-state index in [4.69, 9.17) is 18.9 Å². The van der Waals surface area contributed by atoms with Gasteiger partial charge in [-0.1, -0.05) is 18.2 Å². The summed E-state index contributed by atoms with van der Waals surface area (Å²) >= 11 is 0. The molecule has 1 fully saturated rings. The summed E-state index contributed by atoms with van der Waals surface area (Å²) in [7, 11) is 0. The van der Waals surface area contributed by atoms with Crippen LogP contribution in [0.25, 0.3) is 21.9 Å². The third-order valence-corrected chi connectivity index (χ3v) is 6.04. The zero-order chi connectivity index (χ0) is 17.5. The maximum atomic E-state index is 6.09. The molecule has 3 aromatic carbocycles. The lowest BCUT2D eigenvalue weighted by Crippen LogP contribution is -2.23. The third-order valence-electron chi connectivity index (χ3n) is 6.04. The predicted molar refractivity (Wildman–Crippen MR) is 99.2 cm³/mol. The number of hydrogen-bond donors (Lipinski definition) is 1. The molecule has 0 amide bonds. The highest BCUT2D eigenvalue weighted by Crippen LogP contribution is 2.51. The van der Waals surface area contributed by atoms with Crippen molar-refractivity contribution in [2.24, 2.45) is 0 Å². The van der Waals surface area contributed by atoms with E-state index >= 15 is 0 Å². The third kappa shape index (κ3) is 1.90. The van der Waals surface area contributed by atoms with Crippen LogP contribution >= 0.6 is 0 Å². The zero-order valence-electron chi connectivity index (χ0n) is 14.6. The van der Waals surface area contributed by atoms with Gasteiger partial charge in [0.05, 0.1) is 6.61 Å². The second-order valence-electron chi connectivity index (χ2n) is 7.50. The predicted octanol–water partition coefficient (Wildman–Crippen LogP) is 3.67. The van der Waals surface area contributed by atoms with Gasteiger partial charge < -0.3 is 18.9 Å². The molecule has 0 saturated carbocycles. The molecule has 5 heteroatoms. The quantitative estimate of drug-likeness (QED) is 0.672. The van der Waals surface area contributed by atoms with E-state index in [-0.39, 0.29) is 19.1 Å². The highest BCUT2D eigenvalue weighted by Gasteiger charge is 2.45. The van der Waals surface area contributed by atoms with Crippen LogP contribution in [-0.2, 0) is 17.7 Å². The lowest BCUT2D eigenvalue weighted by Gasteiger charge is -2.22. The zero-order valence-corrected chi connectivity index (χ0v) is 14.6. The fourth-order valence-electron chi connectivity index (χ4n) is 4.72. The second-order valence-corrected chi connectivity index (χ2v) is 7.50. The number of nitrogens with one attached hydrogen (secondary N) is 1. The first-order valence-electron chi connectivity index (χ1n) is 9.40. The van der Waals surface area contributed by atoms with Gasteiger partial charge in [-0.25, -0.2) is 0 Å². The lowest BCUT2D eigenvalue weighted by atomic mass is 9.86. The Balaban J connectivity index is 1.59. The molecule has 0 spiro atoms. The molecule has 5 nitrogen and oxygen atoms in total. The smallest absolute Gasteiger partial charge is 0.231 e. The molecule has 1 N–H and O–H groups in total. The van der Waals surface area contributed by atoms with Gasteiger partial charge in [0.2, 0.25) is 6.79 Å². The second kappa shape index (κ2) is 4.94. The van der Waals surface area contributed by atoms with Crippen LogP contribution in [0, 0.1) is 0 Å². The molecular formula is C22H17NO4. The minimum atomic E-state index is 0.153. The van der Waals surface area contributed by atoms with Crippen molar-refractivity contribution >= 4 is 10.8 Å². The summed E-state index contributed by atoms with van der Waals surface area (Å²) < 4.78 is 23.1. The summed E-state index contributed by atoms with van der Waals surface area (Å²) in [5, 5.41) is 5.89. The van der Waals surface area contributed by atoms with Crippen molar-refractivity contribution in [1.29, 1.82) is 0 Å². The van der Waals surface area contributed by atoms with Crippen LogP contribution in [0.4, 0.5) is 0 Å². The molecule has 27 heavy (non-hydrogen) atoms. The molecule has 7 rings (SSSR count). The van der Waals surface area contributed by atoms with Gasteiger partial charge in [-0.15, -0.1) is 0 Å². The molecule has 4 aliphatic heterocycles. The fourth-order valence-corrected chi connectivity index (χ4v) is 4.72. The Kier molecular flexibility index (Phi) is 2.62. The fraction of sp³-hybridized carbons (Fsp3) is 0.273. The van der Waals surface area contributed by atoms with Crippen LogP contribution in [-0.4, -0.2) is 19.6 Å². The van der Waals surface area contributed by atoms with E-state index in [1.165, 1.54) is 33.0 Å². The van der Waals surface area contributed by atoms with Gasteiger partial charge in [-0.3, -0.25) is 5.32 Å². The first-order valence-corrected chi connectivity index (χ1v) is 9.40. The minimum absolute atomic E-state index is 0.153. The monoisotopic (exact) mass is 359 g/mol. The van der Waals surface area contributed by atoms with Crippen LogP contribution in [0.3, 0.4) is 0 Å². The maximum Gasteiger partial charge on any atom is 0.231 e. The maximum absolute atomic E-state index is 6.09. The van der Waals surface area contributed by atoms with Crippen molar-refractivity contribution < 1.29 is 18.9 Å².